The van der Waals surface area contributed by atoms with Crippen LogP contribution in [0.25, 0.3) is 11.1 Å². The maximum Gasteiger partial charge on any atom is 0.418 e. The summed E-state index contributed by atoms with van der Waals surface area (Å²) in [6.07, 6.45) is 6.12. The molecule has 3 aromatic rings. The number of nitrogen functional groups attached to an aromatic ring is 1. The molecule has 18 heteroatoms. The number of ether oxygens (including phenoxy) is 1. The van der Waals surface area contributed by atoms with Gasteiger partial charge < -0.3 is 26.4 Å². The molecule has 2 aliphatic rings. The number of carbonyl (C=O) groups is 2. The summed E-state index contributed by atoms with van der Waals surface area (Å²) in [6, 6.07) is 4.86. The maximum atomic E-state index is 13.2. The molecule has 0 spiro atoms. The Morgan fingerprint density at radius 1 is 1.36 bits per heavy atom. The molecule has 45 heavy (non-hydrogen) atoms. The van der Waals surface area contributed by atoms with Crippen LogP contribution in [-0.4, -0.2) is 76.1 Å². The number of hydrogen-bond acceptors (Lipinski definition) is 12. The third-order valence-electron chi connectivity index (χ3n) is 7.55. The maximum absolute atomic E-state index is 13.2. The van der Waals surface area contributed by atoms with Crippen molar-refractivity contribution in [3.63, 3.8) is 0 Å². The van der Waals surface area contributed by atoms with Gasteiger partial charge in [0.05, 0.1) is 23.8 Å². The van der Waals surface area contributed by atoms with Crippen LogP contribution in [0.4, 0.5) is 5.13 Å². The first-order chi connectivity index (χ1) is 21.3. The number of nitrogens with one attached hydrogen (secondary N) is 1. The van der Waals surface area contributed by atoms with Gasteiger partial charge in [-0.2, -0.15) is 18.2 Å². The number of amides is 2. The molecule has 2 atom stereocenters. The van der Waals surface area contributed by atoms with Crippen LogP contribution >= 0.6 is 11.3 Å². The van der Waals surface area contributed by atoms with E-state index in [0.29, 0.717) is 18.0 Å². The van der Waals surface area contributed by atoms with E-state index in [1.54, 1.807) is 0 Å². The number of nitrogens with zero attached hydrogens (tertiary/aromatic N) is 5. The monoisotopic (exact) mass is 663 g/mol. The Morgan fingerprint density at radius 3 is 2.80 bits per heavy atom. The lowest BCUT2D eigenvalue weighted by atomic mass is 9.84. The zero-order valence-electron chi connectivity index (χ0n) is 24.9. The molecule has 4 heterocycles. The number of β-lactam (4-membered cyclic amide) rings is 1. The summed E-state index contributed by atoms with van der Waals surface area (Å²) in [5.74, 6) is -0.965. The highest BCUT2D eigenvalue weighted by molar-refractivity contribution is 7.80. The number of aryl methyl sites for hydroxylation is 3. The number of oxime groups is 1. The van der Waals surface area contributed by atoms with Gasteiger partial charge in [0.1, 0.15) is 23.6 Å². The number of carbonyl (C=O) groups excluding carboxylic acids is 2. The molecule has 6 N–H and O–H groups in total. The van der Waals surface area contributed by atoms with Gasteiger partial charge in [0.25, 0.3) is 11.8 Å². The highest BCUT2D eigenvalue weighted by atomic mass is 32.3. The van der Waals surface area contributed by atoms with Crippen molar-refractivity contribution in [1.29, 1.82) is 0 Å². The van der Waals surface area contributed by atoms with Gasteiger partial charge in [-0.1, -0.05) is 11.2 Å². The van der Waals surface area contributed by atoms with Crippen molar-refractivity contribution in [2.75, 3.05) is 18.9 Å². The first-order valence-corrected chi connectivity index (χ1v) is 16.3. The van der Waals surface area contributed by atoms with Crippen LogP contribution < -0.4 is 26.2 Å². The third kappa shape index (κ3) is 7.09. The minimum Gasteiger partial charge on any atom is -0.486 e. The van der Waals surface area contributed by atoms with Crippen molar-refractivity contribution in [1.82, 2.24) is 20.0 Å². The number of anilines is 1. The predicted octanol–water partition coefficient (Wildman–Crippen LogP) is 0.322. The van der Waals surface area contributed by atoms with Gasteiger partial charge >= 0.3 is 10.4 Å². The Morgan fingerprint density at radius 2 is 2.13 bits per heavy atom. The summed E-state index contributed by atoms with van der Waals surface area (Å²) in [4.78, 5) is 35.4. The average molecular weight is 664 g/mol. The fraction of sp³-hybridized carbons (Fsp3) is 0.444. The fourth-order valence-corrected chi connectivity index (χ4v) is 6.13. The van der Waals surface area contributed by atoms with Crippen molar-refractivity contribution in [2.24, 2.45) is 17.9 Å². The van der Waals surface area contributed by atoms with Crippen molar-refractivity contribution in [3.8, 4) is 16.9 Å². The second-order valence-corrected chi connectivity index (χ2v) is 13.1. The summed E-state index contributed by atoms with van der Waals surface area (Å²) in [5, 5.41) is 8.67. The molecule has 1 saturated heterocycles. The van der Waals surface area contributed by atoms with Crippen LogP contribution in [0.15, 0.2) is 41.1 Å². The number of hydroxylamine groups is 2. The van der Waals surface area contributed by atoms with Crippen LogP contribution in [0.2, 0.25) is 0 Å². The first-order valence-electron chi connectivity index (χ1n) is 14.1. The topological polar surface area (TPSA) is 218 Å². The minimum atomic E-state index is -4.95. The summed E-state index contributed by atoms with van der Waals surface area (Å²) >= 11 is 1.08. The van der Waals surface area contributed by atoms with E-state index in [2.05, 4.69) is 42.9 Å². The van der Waals surface area contributed by atoms with E-state index in [1.807, 2.05) is 23.9 Å². The Kier molecular flexibility index (Phi) is 9.13. The zero-order chi connectivity index (χ0) is 32.5. The van der Waals surface area contributed by atoms with E-state index in [0.717, 1.165) is 53.2 Å². The number of nitrogens with two attached hydrogens (primary N) is 2. The molecule has 16 nitrogen and oxygen atoms in total. The van der Waals surface area contributed by atoms with Crippen LogP contribution in [0, 0.1) is 0 Å². The second-order valence-electron chi connectivity index (χ2n) is 11.2. The second kappa shape index (κ2) is 12.7. The van der Waals surface area contributed by atoms with Crippen molar-refractivity contribution in [3.05, 3.63) is 47.2 Å². The number of aromatic nitrogens is 3. The number of hydrogen-bond donors (Lipinski definition) is 4. The molecule has 5 rings (SSSR count). The molecule has 0 radical (unpaired) electrons. The molecule has 0 bridgehead atoms. The normalized spacial score (nSPS) is 19.4. The highest BCUT2D eigenvalue weighted by Crippen LogP contribution is 2.34. The standard InChI is InChI=1S/C27H34N8O8S2/c1-27(2)23(25(37)35(27)43-45(38,39)40)31-24(36)22(20-15-44-26(29)30-20)32-41-14-19-7-5-17-11-16(6-8-21(17)42-19)18-12-33(3)34(13-18)10-4-9-28/h6,8,11-13,15,19,23H,4-5,7,9-10,14,28H2,1-3H3,(H3-,29,30,31,36,38,39,40)/p+1/b32-22-/t19-,23-/m1/s1. The molecule has 2 aliphatic heterocycles. The van der Waals surface area contributed by atoms with E-state index >= 15 is 0 Å². The Hall–Kier alpha value is -4.10. The quantitative estimate of drug-likeness (QED) is 0.0680. The summed E-state index contributed by atoms with van der Waals surface area (Å²) < 4.78 is 45.8. The van der Waals surface area contributed by atoms with E-state index in [-0.39, 0.29) is 29.2 Å². The van der Waals surface area contributed by atoms with Gasteiger partial charge in [0, 0.05) is 5.38 Å². The van der Waals surface area contributed by atoms with Gasteiger partial charge in [-0.3, -0.25) is 14.1 Å². The lowest BCUT2D eigenvalue weighted by Gasteiger charge is -2.50. The van der Waals surface area contributed by atoms with E-state index in [1.165, 1.54) is 19.2 Å². The highest BCUT2D eigenvalue weighted by Gasteiger charge is 2.58. The van der Waals surface area contributed by atoms with Crippen LogP contribution in [0.3, 0.4) is 0 Å². The zero-order valence-corrected chi connectivity index (χ0v) is 26.5. The predicted molar refractivity (Wildman–Crippen MR) is 162 cm³/mol. The molecule has 0 unspecified atom stereocenters. The third-order valence-corrected chi connectivity index (χ3v) is 8.56. The molecule has 0 saturated carbocycles. The Balaban J connectivity index is 1.23. The van der Waals surface area contributed by atoms with E-state index in [9.17, 15) is 18.0 Å². The smallest absolute Gasteiger partial charge is 0.418 e. The molecule has 2 aromatic heterocycles. The van der Waals surface area contributed by atoms with Gasteiger partial charge in [-0.05, 0) is 62.9 Å². The van der Waals surface area contributed by atoms with Gasteiger partial charge in [-0.15, -0.1) is 20.3 Å². The van der Waals surface area contributed by atoms with E-state index in [4.69, 9.17) is 25.6 Å². The molecular formula is C27H35N8O8S2+. The van der Waals surface area contributed by atoms with Crippen molar-refractivity contribution in [2.45, 2.75) is 57.3 Å². The minimum absolute atomic E-state index is 0.0290. The lowest BCUT2D eigenvalue weighted by molar-refractivity contribution is -0.753. The number of fused-ring (bicyclic) bond motifs is 1. The average Bonchev–Trinajstić information content (AvgIpc) is 3.59. The molecule has 1 fully saturated rings. The molecule has 0 aliphatic carbocycles. The Bertz CT molecular complexity index is 1740. The number of benzene rings is 1. The molecule has 1 aromatic carbocycles. The first kappa shape index (κ1) is 32.3. The molecule has 2 amide bonds. The van der Waals surface area contributed by atoms with Gasteiger partial charge in [-0.25, -0.2) is 4.98 Å². The van der Waals surface area contributed by atoms with Gasteiger partial charge in [0.15, 0.2) is 24.5 Å². The van der Waals surface area contributed by atoms with Crippen LogP contribution in [-0.2, 0) is 49.1 Å². The molecular weight excluding hydrogens is 628 g/mol. The van der Waals surface area contributed by atoms with Gasteiger partial charge in [0.2, 0.25) is 6.20 Å². The Labute approximate surface area is 263 Å². The number of thiazole rings is 1. The number of rotatable bonds is 12. The largest absolute Gasteiger partial charge is 0.486 e. The van der Waals surface area contributed by atoms with E-state index < -0.39 is 33.8 Å². The molecule has 242 valence electrons. The van der Waals surface area contributed by atoms with Crippen molar-refractivity contribution >= 4 is 44.4 Å². The summed E-state index contributed by atoms with van der Waals surface area (Å²) in [7, 11) is -2.95. The fourth-order valence-electron chi connectivity index (χ4n) is 5.13. The lowest BCUT2D eigenvalue weighted by Crippen LogP contribution is -2.76. The van der Waals surface area contributed by atoms with Crippen LogP contribution in [0.1, 0.15) is 37.9 Å². The summed E-state index contributed by atoms with van der Waals surface area (Å²) in [5.41, 5.74) is 13.2. The SMILES string of the molecule is C[n+]1cc(-c2ccc3c(c2)CC[C@H](CO/N=C(\C(=O)N[C@@H]2C(=O)N(OS(=O)(=O)O)C2(C)C)c2csc(N)n2)O3)cn1CCCN. The van der Waals surface area contributed by atoms with Crippen molar-refractivity contribution < 1.29 is 41.1 Å². The summed E-state index contributed by atoms with van der Waals surface area (Å²) in [6.45, 7) is 4.39. The van der Waals surface area contributed by atoms with Crippen LogP contribution in [0.5, 0.6) is 5.75 Å².